The maximum absolute atomic E-state index is 13.0. The number of nitrogens with one attached hydrogen (secondary N) is 3. The Morgan fingerprint density at radius 2 is 1.61 bits per heavy atom. The molecule has 0 aromatic heterocycles. The van der Waals surface area contributed by atoms with E-state index in [9.17, 15) is 23.3 Å². The normalized spacial score (nSPS) is 14.0. The van der Waals surface area contributed by atoms with Crippen LogP contribution in [0.4, 0.5) is 17.1 Å². The number of carbonyl (C=O) groups excluding carboxylic acids is 2. The lowest BCUT2D eigenvalue weighted by Crippen LogP contribution is -2.35. The molecule has 0 unspecified atom stereocenters. The topological polar surface area (TPSA) is 153 Å². The molecule has 0 bridgehead atoms. The van der Waals surface area contributed by atoms with Gasteiger partial charge in [-0.3, -0.25) is 15.0 Å². The molecule has 212 valence electrons. The van der Waals surface area contributed by atoms with Gasteiger partial charge in [-0.25, -0.2) is 8.42 Å². The highest BCUT2D eigenvalue weighted by molar-refractivity contribution is 7.89. The summed E-state index contributed by atoms with van der Waals surface area (Å²) in [7, 11) is -3.68. The number of piperidine rings is 1. The predicted octanol–water partition coefficient (Wildman–Crippen LogP) is 4.44. The monoisotopic (exact) mass is 574 g/mol. The van der Waals surface area contributed by atoms with E-state index in [1.807, 2.05) is 6.92 Å². The molecule has 3 aromatic rings. The first-order valence-corrected chi connectivity index (χ1v) is 14.5. The predicted molar refractivity (Wildman–Crippen MR) is 156 cm³/mol. The van der Waals surface area contributed by atoms with Crippen LogP contribution in [-0.2, 0) is 14.8 Å². The molecule has 12 heteroatoms. The highest BCUT2D eigenvalue weighted by Crippen LogP contribution is 2.23. The Morgan fingerprint density at radius 1 is 0.927 bits per heavy atom. The molecule has 3 aromatic carbocycles. The van der Waals surface area contributed by atoms with Gasteiger partial charge in [0.1, 0.15) is 11.8 Å². The molecule has 1 fully saturated rings. The summed E-state index contributed by atoms with van der Waals surface area (Å²) in [6, 6.07) is 21.0. The highest BCUT2D eigenvalue weighted by atomic mass is 32.2. The maximum atomic E-state index is 13.0. The molecule has 4 rings (SSSR count). The van der Waals surface area contributed by atoms with E-state index in [2.05, 4.69) is 21.2 Å². The number of benzene rings is 3. The number of rotatable bonds is 10. The van der Waals surface area contributed by atoms with Crippen molar-refractivity contribution in [3.05, 3.63) is 78.4 Å². The van der Waals surface area contributed by atoms with Crippen molar-refractivity contribution in [2.75, 3.05) is 35.8 Å². The van der Waals surface area contributed by atoms with Crippen molar-refractivity contribution in [1.82, 2.24) is 4.31 Å². The second-order valence-corrected chi connectivity index (χ2v) is 11.1. The van der Waals surface area contributed by atoms with Gasteiger partial charge in [0.2, 0.25) is 15.7 Å². The van der Waals surface area contributed by atoms with E-state index in [1.165, 1.54) is 28.6 Å². The summed E-state index contributed by atoms with van der Waals surface area (Å²) in [6.07, 6.45) is 2.62. The van der Waals surface area contributed by atoms with Crippen molar-refractivity contribution in [3.63, 3.8) is 0 Å². The molecule has 1 heterocycles. The summed E-state index contributed by atoms with van der Waals surface area (Å²) in [5, 5.41) is 18.7. The van der Waals surface area contributed by atoms with Gasteiger partial charge in [0.05, 0.1) is 17.2 Å². The second-order valence-electron chi connectivity index (χ2n) is 9.12. The minimum Gasteiger partial charge on any atom is -0.494 e. The Bertz CT molecular complexity index is 1560. The minimum atomic E-state index is -3.68. The summed E-state index contributed by atoms with van der Waals surface area (Å²) in [5.41, 5.74) is 3.84. The highest BCUT2D eigenvalue weighted by Gasteiger charge is 2.26. The van der Waals surface area contributed by atoms with Crippen LogP contribution in [0, 0.1) is 11.3 Å². The molecule has 0 saturated carbocycles. The molecule has 41 heavy (non-hydrogen) atoms. The average molecular weight is 575 g/mol. The molecule has 1 aliphatic rings. The number of carbonyl (C=O) groups is 2. The lowest BCUT2D eigenvalue weighted by Gasteiger charge is -2.26. The Labute approximate surface area is 238 Å². The van der Waals surface area contributed by atoms with E-state index in [0.29, 0.717) is 42.4 Å². The van der Waals surface area contributed by atoms with Crippen LogP contribution >= 0.6 is 0 Å². The number of sulfonamides is 1. The zero-order chi connectivity index (χ0) is 29.2. The van der Waals surface area contributed by atoms with Crippen LogP contribution in [0.25, 0.3) is 0 Å². The van der Waals surface area contributed by atoms with Crippen LogP contribution in [0.15, 0.2) is 82.8 Å². The molecule has 0 atom stereocenters. The van der Waals surface area contributed by atoms with Gasteiger partial charge in [-0.05, 0) is 86.5 Å². The van der Waals surface area contributed by atoms with Gasteiger partial charge in [-0.15, -0.1) is 0 Å². The van der Waals surface area contributed by atoms with Gasteiger partial charge >= 0.3 is 0 Å². The quantitative estimate of drug-likeness (QED) is 0.239. The van der Waals surface area contributed by atoms with E-state index >= 15 is 0 Å². The lowest BCUT2D eigenvalue weighted by molar-refractivity contribution is -0.110. The lowest BCUT2D eigenvalue weighted by atomic mass is 10.2. The zero-order valence-corrected chi connectivity index (χ0v) is 23.3. The molecule has 1 aliphatic heterocycles. The van der Waals surface area contributed by atoms with E-state index in [-0.39, 0.29) is 16.5 Å². The Balaban J connectivity index is 1.36. The summed E-state index contributed by atoms with van der Waals surface area (Å²) in [4.78, 5) is 25.3. The standard InChI is InChI=1S/C29H30N6O5S/c1-2-40-25-15-13-22(14-16-25)31-28(36)21-9-11-23(12-10-21)33-34-27(20-30)29(37)32-24-7-6-8-26(19-24)41(38,39)35-17-4-3-5-18-35/h6-16,19,33H,2-5,17-18H2,1H3,(H,31,36)(H,32,37). The molecule has 3 N–H and O–H groups in total. The average Bonchev–Trinajstić information content (AvgIpc) is 2.99. The molecule has 2 amide bonds. The number of hydrazone groups is 1. The summed E-state index contributed by atoms with van der Waals surface area (Å²) < 4.78 is 32.8. The number of hydrogen-bond donors (Lipinski definition) is 3. The number of amides is 2. The van der Waals surface area contributed by atoms with Crippen molar-refractivity contribution >= 4 is 44.6 Å². The second kappa shape index (κ2) is 13.6. The van der Waals surface area contributed by atoms with E-state index in [0.717, 1.165) is 19.3 Å². The fourth-order valence-electron chi connectivity index (χ4n) is 4.13. The van der Waals surface area contributed by atoms with Gasteiger partial charge < -0.3 is 15.4 Å². The molecule has 0 aliphatic carbocycles. The first-order chi connectivity index (χ1) is 19.8. The van der Waals surface area contributed by atoms with Crippen LogP contribution < -0.4 is 20.8 Å². The smallest absolute Gasteiger partial charge is 0.287 e. The molecule has 0 radical (unpaired) electrons. The summed E-state index contributed by atoms with van der Waals surface area (Å²) in [5.74, 6) is -0.411. The Morgan fingerprint density at radius 3 is 2.27 bits per heavy atom. The third-order valence-electron chi connectivity index (χ3n) is 6.23. The molecular weight excluding hydrogens is 544 g/mol. The molecule has 1 saturated heterocycles. The molecule has 11 nitrogen and oxygen atoms in total. The zero-order valence-electron chi connectivity index (χ0n) is 22.5. The van der Waals surface area contributed by atoms with Gasteiger partial charge in [0, 0.05) is 30.0 Å². The van der Waals surface area contributed by atoms with Crippen LogP contribution in [-0.4, -0.2) is 49.9 Å². The van der Waals surface area contributed by atoms with Crippen LogP contribution in [0.3, 0.4) is 0 Å². The van der Waals surface area contributed by atoms with E-state index < -0.39 is 21.6 Å². The van der Waals surface area contributed by atoms with Crippen molar-refractivity contribution in [1.29, 1.82) is 5.26 Å². The number of ether oxygens (including phenoxy) is 1. The fourth-order valence-corrected chi connectivity index (χ4v) is 5.69. The fraction of sp³-hybridized carbons (Fsp3) is 0.241. The van der Waals surface area contributed by atoms with Crippen LogP contribution in [0.2, 0.25) is 0 Å². The van der Waals surface area contributed by atoms with Crippen molar-refractivity contribution in [3.8, 4) is 11.8 Å². The van der Waals surface area contributed by atoms with Gasteiger partial charge in [-0.2, -0.15) is 14.7 Å². The first kappa shape index (κ1) is 29.3. The number of anilines is 3. The van der Waals surface area contributed by atoms with E-state index in [4.69, 9.17) is 4.74 Å². The van der Waals surface area contributed by atoms with Crippen LogP contribution in [0.5, 0.6) is 5.75 Å². The molecule has 0 spiro atoms. The number of nitrogens with zero attached hydrogens (tertiary/aromatic N) is 3. The van der Waals surface area contributed by atoms with Gasteiger partial charge in [0.25, 0.3) is 11.8 Å². The molecular formula is C29H30N6O5S. The summed E-state index contributed by atoms with van der Waals surface area (Å²) in [6.45, 7) is 3.37. The number of hydrogen-bond acceptors (Lipinski definition) is 8. The van der Waals surface area contributed by atoms with Gasteiger partial charge in [0.15, 0.2) is 0 Å². The van der Waals surface area contributed by atoms with Crippen molar-refractivity contribution in [2.45, 2.75) is 31.1 Å². The SMILES string of the molecule is CCOc1ccc(NC(=O)c2ccc(NN=C(C#N)C(=O)Nc3cccc(S(=O)(=O)N4CCCCC4)c3)cc2)cc1. The van der Waals surface area contributed by atoms with Crippen LogP contribution in [0.1, 0.15) is 36.5 Å². The summed E-state index contributed by atoms with van der Waals surface area (Å²) >= 11 is 0. The Kier molecular flexibility index (Phi) is 9.68. The van der Waals surface area contributed by atoms with Crippen molar-refractivity contribution < 1.29 is 22.7 Å². The van der Waals surface area contributed by atoms with E-state index in [1.54, 1.807) is 54.6 Å². The maximum Gasteiger partial charge on any atom is 0.287 e. The van der Waals surface area contributed by atoms with Crippen molar-refractivity contribution in [2.24, 2.45) is 5.10 Å². The first-order valence-electron chi connectivity index (χ1n) is 13.1. The number of nitriles is 1. The third kappa shape index (κ3) is 7.69. The third-order valence-corrected chi connectivity index (χ3v) is 8.13. The largest absolute Gasteiger partial charge is 0.494 e. The minimum absolute atomic E-state index is 0.0671. The van der Waals surface area contributed by atoms with Gasteiger partial charge in [-0.1, -0.05) is 12.5 Å². The Hall–Kier alpha value is -4.73.